The normalized spacial score (nSPS) is 11.8. The Morgan fingerprint density at radius 2 is 2.22 bits per heavy atom. The molecule has 98 valence electrons. The van der Waals surface area contributed by atoms with E-state index in [1.54, 1.807) is 6.07 Å². The molecule has 0 fully saturated rings. The van der Waals surface area contributed by atoms with Crippen molar-refractivity contribution in [2.45, 2.75) is 13.8 Å². The number of nitrogens with two attached hydrogens (primary N) is 1. The van der Waals surface area contributed by atoms with Gasteiger partial charge in [0.15, 0.2) is 5.82 Å². The van der Waals surface area contributed by atoms with Gasteiger partial charge in [-0.2, -0.15) is 5.26 Å². The maximum atomic E-state index is 8.86. The van der Waals surface area contributed by atoms with E-state index in [1.165, 1.54) is 0 Å². The molecule has 7 heteroatoms. The first-order valence-corrected chi connectivity index (χ1v) is 6.26. The fourth-order valence-corrected chi connectivity index (χ4v) is 2.05. The number of nitrogens with zero attached hydrogens (tertiary/aromatic N) is 3. The predicted molar refractivity (Wildman–Crippen MR) is 74.7 cm³/mol. The number of nitrogens with one attached hydrogen (secondary N) is 1. The molecule has 0 bridgehead atoms. The first-order chi connectivity index (χ1) is 8.53. The highest BCUT2D eigenvalue weighted by Gasteiger charge is 2.16. The van der Waals surface area contributed by atoms with Gasteiger partial charge in [-0.25, -0.2) is 10.8 Å². The molecule has 0 amide bonds. The summed E-state index contributed by atoms with van der Waals surface area (Å²) in [5.74, 6) is 6.14. The summed E-state index contributed by atoms with van der Waals surface area (Å²) >= 11 is 12.0. The Morgan fingerprint density at radius 1 is 1.56 bits per heavy atom. The molecular formula is C11H15Cl2N5. The predicted octanol–water partition coefficient (Wildman–Crippen LogP) is 2.66. The van der Waals surface area contributed by atoms with Gasteiger partial charge in [0, 0.05) is 13.1 Å². The molecule has 3 N–H and O–H groups in total. The summed E-state index contributed by atoms with van der Waals surface area (Å²) in [5.41, 5.74) is 2.42. The van der Waals surface area contributed by atoms with E-state index in [1.807, 2.05) is 18.7 Å². The van der Waals surface area contributed by atoms with Crippen molar-refractivity contribution in [3.05, 3.63) is 16.1 Å². The standard InChI is InChI=1S/C11H15Cl2N5/c1-3-18(6-7(2)5-14)11-9(13)4-8(12)10(16-11)17-15/h4,7H,3,6,15H2,1-2H3,(H,16,17). The van der Waals surface area contributed by atoms with Gasteiger partial charge in [0.2, 0.25) is 0 Å². The van der Waals surface area contributed by atoms with Gasteiger partial charge >= 0.3 is 0 Å². The van der Waals surface area contributed by atoms with Crippen molar-refractivity contribution >= 4 is 34.8 Å². The monoisotopic (exact) mass is 287 g/mol. The van der Waals surface area contributed by atoms with Crippen molar-refractivity contribution in [3.63, 3.8) is 0 Å². The third kappa shape index (κ3) is 3.39. The Morgan fingerprint density at radius 3 is 2.72 bits per heavy atom. The van der Waals surface area contributed by atoms with Gasteiger partial charge in [-0.1, -0.05) is 23.2 Å². The van der Waals surface area contributed by atoms with Crippen molar-refractivity contribution in [1.82, 2.24) is 4.98 Å². The average Bonchev–Trinajstić information content (AvgIpc) is 2.36. The fourth-order valence-electron chi connectivity index (χ4n) is 1.52. The highest BCUT2D eigenvalue weighted by Crippen LogP contribution is 2.31. The molecule has 18 heavy (non-hydrogen) atoms. The van der Waals surface area contributed by atoms with Gasteiger partial charge in [0.1, 0.15) is 5.82 Å². The average molecular weight is 288 g/mol. The maximum Gasteiger partial charge on any atom is 0.161 e. The molecule has 0 saturated carbocycles. The van der Waals surface area contributed by atoms with E-state index in [0.717, 1.165) is 0 Å². The van der Waals surface area contributed by atoms with Crippen LogP contribution in [0.2, 0.25) is 10.0 Å². The van der Waals surface area contributed by atoms with Crippen molar-refractivity contribution < 1.29 is 0 Å². The number of hydrogen-bond donors (Lipinski definition) is 2. The molecule has 1 rings (SSSR count). The topological polar surface area (TPSA) is 78.0 Å². The maximum absolute atomic E-state index is 8.86. The summed E-state index contributed by atoms with van der Waals surface area (Å²) in [6.07, 6.45) is 0. The van der Waals surface area contributed by atoms with E-state index in [-0.39, 0.29) is 5.92 Å². The van der Waals surface area contributed by atoms with E-state index < -0.39 is 0 Å². The van der Waals surface area contributed by atoms with Gasteiger partial charge in [-0.3, -0.25) is 0 Å². The number of nitrogen functional groups attached to an aromatic ring is 1. The van der Waals surface area contributed by atoms with Crippen LogP contribution in [0.1, 0.15) is 13.8 Å². The molecule has 1 atom stereocenters. The summed E-state index contributed by atoms with van der Waals surface area (Å²) in [4.78, 5) is 6.18. The van der Waals surface area contributed by atoms with Crippen molar-refractivity contribution in [1.29, 1.82) is 5.26 Å². The summed E-state index contributed by atoms with van der Waals surface area (Å²) in [6.45, 7) is 5.04. The van der Waals surface area contributed by atoms with Crippen LogP contribution in [0.4, 0.5) is 11.6 Å². The second-order valence-electron chi connectivity index (χ2n) is 3.84. The molecule has 5 nitrogen and oxygen atoms in total. The quantitative estimate of drug-likeness (QED) is 0.643. The molecular weight excluding hydrogens is 273 g/mol. The number of halogens is 2. The van der Waals surface area contributed by atoms with E-state index in [9.17, 15) is 0 Å². The molecule has 0 spiro atoms. The van der Waals surface area contributed by atoms with E-state index in [4.69, 9.17) is 34.3 Å². The van der Waals surface area contributed by atoms with Gasteiger partial charge in [0.25, 0.3) is 0 Å². The molecule has 0 aliphatic rings. The van der Waals surface area contributed by atoms with E-state index in [0.29, 0.717) is 34.8 Å². The van der Waals surface area contributed by atoms with Crippen LogP contribution >= 0.6 is 23.2 Å². The molecule has 0 aliphatic heterocycles. The zero-order chi connectivity index (χ0) is 13.7. The fraction of sp³-hybridized carbons (Fsp3) is 0.455. The van der Waals surface area contributed by atoms with Crippen LogP contribution in [0, 0.1) is 17.2 Å². The summed E-state index contributed by atoms with van der Waals surface area (Å²) in [7, 11) is 0. The smallest absolute Gasteiger partial charge is 0.161 e. The van der Waals surface area contributed by atoms with Crippen molar-refractivity contribution in [2.24, 2.45) is 11.8 Å². The Hall–Kier alpha value is -1.22. The van der Waals surface area contributed by atoms with Crippen molar-refractivity contribution in [2.75, 3.05) is 23.4 Å². The Balaban J connectivity index is 3.09. The highest BCUT2D eigenvalue weighted by atomic mass is 35.5. The van der Waals surface area contributed by atoms with Crippen LogP contribution in [-0.2, 0) is 0 Å². The number of anilines is 2. The largest absolute Gasteiger partial charge is 0.354 e. The molecule has 0 saturated heterocycles. The van der Waals surface area contributed by atoms with Crippen LogP contribution in [0.15, 0.2) is 6.07 Å². The number of aromatic nitrogens is 1. The lowest BCUT2D eigenvalue weighted by molar-refractivity contribution is 0.680. The second kappa shape index (κ2) is 6.64. The van der Waals surface area contributed by atoms with Gasteiger partial charge in [0.05, 0.1) is 22.0 Å². The molecule has 0 aromatic carbocycles. The lowest BCUT2D eigenvalue weighted by Crippen LogP contribution is -2.29. The summed E-state index contributed by atoms with van der Waals surface area (Å²) in [6, 6.07) is 3.76. The summed E-state index contributed by atoms with van der Waals surface area (Å²) < 4.78 is 0. The minimum absolute atomic E-state index is 0.118. The van der Waals surface area contributed by atoms with E-state index in [2.05, 4.69) is 16.5 Å². The lowest BCUT2D eigenvalue weighted by atomic mass is 10.2. The third-order valence-electron chi connectivity index (χ3n) is 2.44. The zero-order valence-corrected chi connectivity index (χ0v) is 11.8. The van der Waals surface area contributed by atoms with Crippen molar-refractivity contribution in [3.8, 4) is 6.07 Å². The minimum Gasteiger partial charge on any atom is -0.354 e. The Bertz CT molecular complexity index is 457. The number of hydrogen-bond acceptors (Lipinski definition) is 5. The first-order valence-electron chi connectivity index (χ1n) is 5.50. The minimum atomic E-state index is -0.118. The molecule has 1 aromatic heterocycles. The lowest BCUT2D eigenvalue weighted by Gasteiger charge is -2.24. The van der Waals surface area contributed by atoms with Crippen LogP contribution < -0.4 is 16.2 Å². The molecule has 1 unspecified atom stereocenters. The SMILES string of the molecule is CCN(CC(C)C#N)c1nc(NN)c(Cl)cc1Cl. The third-order valence-corrected chi connectivity index (χ3v) is 3.01. The highest BCUT2D eigenvalue weighted by molar-refractivity contribution is 6.37. The van der Waals surface area contributed by atoms with Gasteiger partial charge in [-0.05, 0) is 19.9 Å². The van der Waals surface area contributed by atoms with Gasteiger partial charge in [-0.15, -0.1) is 0 Å². The number of pyridine rings is 1. The van der Waals surface area contributed by atoms with Gasteiger partial charge < -0.3 is 10.3 Å². The molecule has 0 radical (unpaired) electrons. The van der Waals surface area contributed by atoms with Crippen LogP contribution in [0.25, 0.3) is 0 Å². The van der Waals surface area contributed by atoms with Crippen LogP contribution in [-0.4, -0.2) is 18.1 Å². The number of nitriles is 1. The molecule has 1 heterocycles. The first kappa shape index (κ1) is 14.8. The number of rotatable bonds is 5. The second-order valence-corrected chi connectivity index (χ2v) is 4.65. The zero-order valence-electron chi connectivity index (χ0n) is 10.2. The van der Waals surface area contributed by atoms with Crippen LogP contribution in [0.3, 0.4) is 0 Å². The number of hydrazine groups is 1. The van der Waals surface area contributed by atoms with E-state index >= 15 is 0 Å². The van der Waals surface area contributed by atoms with Crippen LogP contribution in [0.5, 0.6) is 0 Å². The Labute approximate surface area is 116 Å². The Kier molecular flexibility index (Phi) is 5.48. The molecule has 0 aliphatic carbocycles. The molecule has 1 aromatic rings. The summed E-state index contributed by atoms with van der Waals surface area (Å²) in [5, 5.41) is 9.65.